The van der Waals surface area contributed by atoms with E-state index in [-0.39, 0.29) is 6.16 Å². The van der Waals surface area contributed by atoms with Crippen LogP contribution < -0.4 is 0 Å². The molecule has 0 unspecified atom stereocenters. The first-order valence-electron chi connectivity index (χ1n) is 12.9. The summed E-state index contributed by atoms with van der Waals surface area (Å²) in [6, 6.07) is 7.75. The molecule has 0 saturated heterocycles. The van der Waals surface area contributed by atoms with Crippen LogP contribution in [0.25, 0.3) is 0 Å². The smallest absolute Gasteiger partial charge is 0.229 e. The zero-order chi connectivity index (χ0) is 25.5. The summed E-state index contributed by atoms with van der Waals surface area (Å²) in [7, 11) is -3.83. The lowest BCUT2D eigenvalue weighted by atomic mass is 10.0. The summed E-state index contributed by atoms with van der Waals surface area (Å²) in [6.07, 6.45) is 8.85. The van der Waals surface area contributed by atoms with Crippen molar-refractivity contribution in [2.24, 2.45) is 0 Å². The Morgan fingerprint density at radius 2 is 0.912 bits per heavy atom. The Balaban J connectivity index is 2.37. The molecule has 0 amide bonds. The molecule has 4 heteroatoms. The van der Waals surface area contributed by atoms with Crippen LogP contribution in [0.2, 0.25) is 0 Å². The second-order valence-electron chi connectivity index (χ2n) is 10.1. The first kappa shape index (κ1) is 28.2. The molecule has 186 valence electrons. The Hall–Kier alpha value is -1.99. The topological polar surface area (TPSA) is 51.2 Å². The van der Waals surface area contributed by atoms with Gasteiger partial charge in [-0.1, -0.05) is 87.3 Å². The van der Waals surface area contributed by atoms with Crippen LogP contribution in [0.1, 0.15) is 112 Å². The highest BCUT2D eigenvalue weighted by Gasteiger charge is 2.42. The summed E-state index contributed by atoms with van der Waals surface area (Å²) in [5.74, 6) is 0. The van der Waals surface area contributed by atoms with Gasteiger partial charge in [0.15, 0.2) is 0 Å². The van der Waals surface area contributed by atoms with Gasteiger partial charge < -0.3 is 4.57 Å². The van der Waals surface area contributed by atoms with E-state index in [1.807, 2.05) is 65.8 Å². The van der Waals surface area contributed by atoms with Gasteiger partial charge in [0, 0.05) is 17.3 Å². The van der Waals surface area contributed by atoms with Crippen molar-refractivity contribution in [3.8, 4) is 0 Å². The standard InChI is InChI=1S/C30H43O3P/c1-8-9-10-11-12-13-14-15-16-34(33,29(31)27-23(4)17-21(2)18-24(27)5)30(32)28-25(6)19-22(3)20-26(28)7/h17-20H,8-16H2,1-7H3. The lowest BCUT2D eigenvalue weighted by molar-refractivity contribution is 0.103. The van der Waals surface area contributed by atoms with Gasteiger partial charge in [-0.2, -0.15) is 0 Å². The van der Waals surface area contributed by atoms with Crippen molar-refractivity contribution in [2.45, 2.75) is 99.8 Å². The molecule has 0 fully saturated rings. The van der Waals surface area contributed by atoms with E-state index < -0.39 is 18.2 Å². The summed E-state index contributed by atoms with van der Waals surface area (Å²) in [5, 5.41) is 0. The molecule has 2 aromatic carbocycles. The Labute approximate surface area is 207 Å². The normalized spacial score (nSPS) is 11.6. The van der Waals surface area contributed by atoms with Gasteiger partial charge in [-0.25, -0.2) is 0 Å². The highest BCUT2D eigenvalue weighted by atomic mass is 31.2. The molecule has 2 aromatic rings. The molecule has 0 saturated carbocycles. The van der Waals surface area contributed by atoms with E-state index in [2.05, 4.69) is 6.92 Å². The van der Waals surface area contributed by atoms with Crippen molar-refractivity contribution in [3.05, 3.63) is 68.8 Å². The van der Waals surface area contributed by atoms with Gasteiger partial charge in [-0.05, 0) is 70.2 Å². The van der Waals surface area contributed by atoms with E-state index in [1.54, 1.807) is 0 Å². The van der Waals surface area contributed by atoms with Gasteiger partial charge in [0.05, 0.1) is 0 Å². The molecule has 0 radical (unpaired) electrons. The molecular weight excluding hydrogens is 439 g/mol. The molecular formula is C30H43O3P. The van der Waals surface area contributed by atoms with E-state index in [0.717, 1.165) is 52.6 Å². The van der Waals surface area contributed by atoms with Gasteiger partial charge in [0.1, 0.15) is 0 Å². The van der Waals surface area contributed by atoms with Crippen molar-refractivity contribution in [1.82, 2.24) is 0 Å². The molecule has 0 aliphatic carbocycles. The van der Waals surface area contributed by atoms with Crippen molar-refractivity contribution < 1.29 is 14.2 Å². The predicted octanol–water partition coefficient (Wildman–Crippen LogP) is 9.02. The summed E-state index contributed by atoms with van der Waals surface area (Å²) in [5.41, 5.74) is 5.29. The van der Waals surface area contributed by atoms with Crippen LogP contribution in [-0.4, -0.2) is 17.2 Å². The molecule has 0 spiro atoms. The zero-order valence-electron chi connectivity index (χ0n) is 22.3. The van der Waals surface area contributed by atoms with Gasteiger partial charge in [0.25, 0.3) is 0 Å². The summed E-state index contributed by atoms with van der Waals surface area (Å²) in [6.45, 7) is 13.7. The molecule has 0 heterocycles. The number of hydrogen-bond acceptors (Lipinski definition) is 3. The summed E-state index contributed by atoms with van der Waals surface area (Å²) < 4.78 is 14.5. The zero-order valence-corrected chi connectivity index (χ0v) is 23.2. The fourth-order valence-corrected chi connectivity index (χ4v) is 7.85. The minimum Gasteiger partial charge on any atom is -0.307 e. The number of carbonyl (C=O) groups is 2. The van der Waals surface area contributed by atoms with E-state index in [0.29, 0.717) is 17.5 Å². The van der Waals surface area contributed by atoms with Crippen LogP contribution in [0, 0.1) is 41.5 Å². The monoisotopic (exact) mass is 482 g/mol. The summed E-state index contributed by atoms with van der Waals surface area (Å²) >= 11 is 0. The van der Waals surface area contributed by atoms with Crippen molar-refractivity contribution in [1.29, 1.82) is 0 Å². The first-order valence-corrected chi connectivity index (χ1v) is 14.8. The first-order chi connectivity index (χ1) is 16.0. The molecule has 0 bridgehead atoms. The minimum atomic E-state index is -3.83. The van der Waals surface area contributed by atoms with Crippen molar-refractivity contribution in [3.63, 3.8) is 0 Å². The van der Waals surface area contributed by atoms with Crippen LogP contribution in [-0.2, 0) is 4.57 Å². The van der Waals surface area contributed by atoms with Crippen molar-refractivity contribution in [2.75, 3.05) is 6.16 Å². The molecule has 0 aliphatic rings. The van der Waals surface area contributed by atoms with Gasteiger partial charge >= 0.3 is 0 Å². The molecule has 2 rings (SSSR count). The number of aryl methyl sites for hydroxylation is 6. The van der Waals surface area contributed by atoms with Crippen LogP contribution in [0.5, 0.6) is 0 Å². The number of carbonyl (C=O) groups excluding carboxylic acids is 2. The lowest BCUT2D eigenvalue weighted by Crippen LogP contribution is -2.17. The van der Waals surface area contributed by atoms with Gasteiger partial charge in [-0.3, -0.25) is 9.59 Å². The number of unbranched alkanes of at least 4 members (excludes halogenated alkanes) is 7. The third-order valence-electron chi connectivity index (χ3n) is 6.76. The number of benzene rings is 2. The summed E-state index contributed by atoms with van der Waals surface area (Å²) in [4.78, 5) is 27.8. The molecule has 0 N–H and O–H groups in total. The van der Waals surface area contributed by atoms with E-state index >= 15 is 0 Å². The van der Waals surface area contributed by atoms with E-state index in [9.17, 15) is 14.2 Å². The Morgan fingerprint density at radius 3 is 1.26 bits per heavy atom. The SMILES string of the molecule is CCCCCCCCCCP(=O)(C(=O)c1c(C)cc(C)cc1C)C(=O)c1c(C)cc(C)cc1C. The van der Waals surface area contributed by atoms with Crippen LogP contribution in [0.4, 0.5) is 0 Å². The maximum absolute atomic E-state index is 14.5. The highest BCUT2D eigenvalue weighted by Crippen LogP contribution is 2.54. The van der Waals surface area contributed by atoms with Gasteiger partial charge in [0.2, 0.25) is 18.2 Å². The van der Waals surface area contributed by atoms with Crippen LogP contribution in [0.15, 0.2) is 24.3 Å². The van der Waals surface area contributed by atoms with Gasteiger partial charge in [-0.15, -0.1) is 0 Å². The number of hydrogen-bond donors (Lipinski definition) is 0. The largest absolute Gasteiger partial charge is 0.307 e. The minimum absolute atomic E-state index is 0.152. The average molecular weight is 483 g/mol. The molecule has 3 nitrogen and oxygen atoms in total. The maximum Gasteiger partial charge on any atom is 0.229 e. The molecule has 34 heavy (non-hydrogen) atoms. The third kappa shape index (κ3) is 6.79. The highest BCUT2D eigenvalue weighted by molar-refractivity contribution is 7.95. The maximum atomic E-state index is 14.5. The third-order valence-corrected chi connectivity index (χ3v) is 9.47. The van der Waals surface area contributed by atoms with Crippen LogP contribution >= 0.6 is 7.14 Å². The predicted molar refractivity (Wildman–Crippen MR) is 145 cm³/mol. The lowest BCUT2D eigenvalue weighted by Gasteiger charge is -2.21. The second kappa shape index (κ2) is 12.6. The van der Waals surface area contributed by atoms with Crippen LogP contribution in [0.3, 0.4) is 0 Å². The Morgan fingerprint density at radius 1 is 0.588 bits per heavy atom. The average Bonchev–Trinajstić information content (AvgIpc) is 2.73. The quantitative estimate of drug-likeness (QED) is 0.211. The fraction of sp³-hybridized carbons (Fsp3) is 0.533. The molecule has 0 aliphatic heterocycles. The van der Waals surface area contributed by atoms with Crippen molar-refractivity contribution >= 4 is 18.2 Å². The van der Waals surface area contributed by atoms with E-state index in [4.69, 9.17) is 0 Å². The Kier molecular flexibility index (Phi) is 10.5. The Bertz CT molecular complexity index is 961. The number of rotatable bonds is 13. The molecule has 0 aromatic heterocycles. The molecule has 0 atom stereocenters. The second-order valence-corrected chi connectivity index (χ2v) is 12.8. The fourth-order valence-electron chi connectivity index (χ4n) is 5.16. The van der Waals surface area contributed by atoms with E-state index in [1.165, 1.54) is 25.7 Å².